The zero-order valence-corrected chi connectivity index (χ0v) is 26.0. The standard InChI is InChI=1S/C34H43FN4O6/c1-22(2)31(33(43)45-3)39-34(44)38-28(19-23-11-5-4-6-12-23)29(40)21-25-14-9-10-18-36-30(41)17-16-26(37-32(25)42)20-24-13-7-8-15-27(24)35/h4-8,11-13,15-17,22,25-26,28,31H,9-10,14,18-21H2,1-3H3,(H,36,41)(H,37,42)(H2,38,39,44)/b17-16+/t25-,26-,28+,31+/m1/s1. The van der Waals surface area contributed by atoms with E-state index in [9.17, 15) is 28.4 Å². The van der Waals surface area contributed by atoms with Gasteiger partial charge < -0.3 is 26.0 Å². The highest BCUT2D eigenvalue weighted by Gasteiger charge is 2.31. The van der Waals surface area contributed by atoms with Crippen LogP contribution in [0, 0.1) is 17.7 Å². The van der Waals surface area contributed by atoms with E-state index in [1.165, 1.54) is 25.3 Å². The van der Waals surface area contributed by atoms with E-state index in [0.29, 0.717) is 31.4 Å². The van der Waals surface area contributed by atoms with Crippen molar-refractivity contribution >= 4 is 29.6 Å². The van der Waals surface area contributed by atoms with Gasteiger partial charge in [0.05, 0.1) is 19.2 Å². The molecule has 45 heavy (non-hydrogen) atoms. The van der Waals surface area contributed by atoms with Gasteiger partial charge in [0.15, 0.2) is 5.78 Å². The molecule has 4 amide bonds. The Morgan fingerprint density at radius 1 is 1.00 bits per heavy atom. The first-order chi connectivity index (χ1) is 21.6. The Hall–Kier alpha value is -4.54. The number of nitrogens with one attached hydrogen (secondary N) is 4. The van der Waals surface area contributed by atoms with E-state index < -0.39 is 47.8 Å². The summed E-state index contributed by atoms with van der Waals surface area (Å²) in [5.74, 6) is -3.09. The van der Waals surface area contributed by atoms with Crippen LogP contribution < -0.4 is 21.3 Å². The van der Waals surface area contributed by atoms with Crippen LogP contribution in [0.5, 0.6) is 0 Å². The van der Waals surface area contributed by atoms with Crippen molar-refractivity contribution in [3.8, 4) is 0 Å². The number of esters is 1. The van der Waals surface area contributed by atoms with Gasteiger partial charge in [-0.15, -0.1) is 0 Å². The molecule has 11 heteroatoms. The topological polar surface area (TPSA) is 143 Å². The number of ketones is 1. The molecule has 0 spiro atoms. The van der Waals surface area contributed by atoms with Gasteiger partial charge in [-0.2, -0.15) is 0 Å². The smallest absolute Gasteiger partial charge is 0.328 e. The van der Waals surface area contributed by atoms with Crippen LogP contribution in [0.4, 0.5) is 9.18 Å². The van der Waals surface area contributed by atoms with Crippen LogP contribution in [0.25, 0.3) is 0 Å². The maximum Gasteiger partial charge on any atom is 0.328 e. The van der Waals surface area contributed by atoms with Crippen molar-refractivity contribution in [3.05, 3.63) is 83.7 Å². The molecule has 0 saturated carbocycles. The fraction of sp³-hybridized carbons (Fsp3) is 0.441. The molecule has 0 aliphatic carbocycles. The summed E-state index contributed by atoms with van der Waals surface area (Å²) in [4.78, 5) is 64.9. The molecule has 0 aromatic heterocycles. The monoisotopic (exact) mass is 622 g/mol. The van der Waals surface area contributed by atoms with Gasteiger partial charge in [-0.1, -0.05) is 74.9 Å². The molecule has 1 heterocycles. The number of hydrogen-bond donors (Lipinski definition) is 4. The summed E-state index contributed by atoms with van der Waals surface area (Å²) in [5.41, 5.74) is 1.18. The summed E-state index contributed by atoms with van der Waals surface area (Å²) in [6.45, 7) is 3.92. The summed E-state index contributed by atoms with van der Waals surface area (Å²) < 4.78 is 19.3. The minimum absolute atomic E-state index is 0.110. The van der Waals surface area contributed by atoms with Gasteiger partial charge in [0.1, 0.15) is 11.9 Å². The average molecular weight is 623 g/mol. The van der Waals surface area contributed by atoms with Crippen LogP contribution in [0.3, 0.4) is 0 Å². The molecule has 0 saturated heterocycles. The Morgan fingerprint density at radius 2 is 1.71 bits per heavy atom. The third kappa shape index (κ3) is 11.5. The largest absolute Gasteiger partial charge is 0.467 e. The molecule has 3 rings (SSSR count). The van der Waals surface area contributed by atoms with Crippen LogP contribution in [0.1, 0.15) is 50.7 Å². The molecule has 0 bridgehead atoms. The lowest BCUT2D eigenvalue weighted by Crippen LogP contribution is -2.53. The molecule has 4 N–H and O–H groups in total. The van der Waals surface area contributed by atoms with Gasteiger partial charge in [-0.25, -0.2) is 14.0 Å². The number of methoxy groups -OCH3 is 1. The number of hydrogen-bond acceptors (Lipinski definition) is 6. The summed E-state index contributed by atoms with van der Waals surface area (Å²) in [6, 6.07) is 12.1. The molecular formula is C34H43FN4O6. The van der Waals surface area contributed by atoms with Gasteiger partial charge in [-0.05, 0) is 48.8 Å². The zero-order valence-electron chi connectivity index (χ0n) is 26.0. The van der Waals surface area contributed by atoms with Gasteiger partial charge in [-0.3, -0.25) is 14.4 Å². The number of ether oxygens (including phenoxy) is 1. The Kier molecular flexibility index (Phi) is 13.7. The fourth-order valence-electron chi connectivity index (χ4n) is 5.13. The van der Waals surface area contributed by atoms with Gasteiger partial charge in [0.2, 0.25) is 11.8 Å². The van der Waals surface area contributed by atoms with E-state index in [0.717, 1.165) is 5.56 Å². The molecule has 10 nitrogen and oxygen atoms in total. The lowest BCUT2D eigenvalue weighted by Gasteiger charge is -2.25. The summed E-state index contributed by atoms with van der Waals surface area (Å²) in [6.07, 6.45) is 4.52. The normalized spacial score (nSPS) is 19.5. The van der Waals surface area contributed by atoms with E-state index in [2.05, 4.69) is 21.3 Å². The SMILES string of the molecule is COC(=O)[C@@H](NC(=O)N[C@@H](Cc1ccccc1)C(=O)C[C@H]1CCCCNC(=O)/C=C/[C@H](Cc2ccccc2F)NC1=O)C(C)C. The minimum atomic E-state index is -0.986. The number of Topliss-reactive ketones (excluding diaryl/α,β-unsaturated/α-hetero) is 1. The lowest BCUT2D eigenvalue weighted by molar-refractivity contribution is -0.144. The van der Waals surface area contributed by atoms with E-state index in [1.54, 1.807) is 32.0 Å². The third-order valence-corrected chi connectivity index (χ3v) is 7.69. The van der Waals surface area contributed by atoms with Crippen molar-refractivity contribution < 1.29 is 33.1 Å². The number of rotatable bonds is 11. The Bertz CT molecular complexity index is 1350. The van der Waals surface area contributed by atoms with Crippen LogP contribution in [0.2, 0.25) is 0 Å². The van der Waals surface area contributed by atoms with Crippen LogP contribution in [-0.2, 0) is 36.8 Å². The molecule has 4 atom stereocenters. The maximum atomic E-state index is 14.4. The quantitative estimate of drug-likeness (QED) is 0.283. The molecule has 1 aliphatic heterocycles. The Morgan fingerprint density at radius 3 is 2.40 bits per heavy atom. The van der Waals surface area contributed by atoms with Crippen molar-refractivity contribution in [2.45, 2.75) is 70.5 Å². The van der Waals surface area contributed by atoms with E-state index in [-0.39, 0.29) is 36.9 Å². The molecule has 242 valence electrons. The second kappa shape index (κ2) is 17.7. The second-order valence-electron chi connectivity index (χ2n) is 11.5. The van der Waals surface area contributed by atoms with Crippen LogP contribution in [-0.4, -0.2) is 61.4 Å². The maximum absolute atomic E-state index is 14.4. The van der Waals surface area contributed by atoms with Gasteiger partial charge in [0.25, 0.3) is 0 Å². The van der Waals surface area contributed by atoms with Gasteiger partial charge in [0, 0.05) is 25.0 Å². The van der Waals surface area contributed by atoms with Crippen molar-refractivity contribution in [3.63, 3.8) is 0 Å². The highest BCUT2D eigenvalue weighted by molar-refractivity contribution is 5.93. The number of benzene rings is 2. The highest BCUT2D eigenvalue weighted by atomic mass is 19.1. The number of carbonyl (C=O) groups excluding carboxylic acids is 5. The summed E-state index contributed by atoms with van der Waals surface area (Å²) >= 11 is 0. The lowest BCUT2D eigenvalue weighted by atomic mass is 9.90. The number of urea groups is 1. The molecule has 0 unspecified atom stereocenters. The first-order valence-corrected chi connectivity index (χ1v) is 15.3. The van der Waals surface area contributed by atoms with Crippen molar-refractivity contribution in [1.82, 2.24) is 21.3 Å². The second-order valence-corrected chi connectivity index (χ2v) is 11.5. The molecule has 1 aliphatic rings. The number of carbonyl (C=O) groups is 5. The average Bonchev–Trinajstić information content (AvgIpc) is 3.01. The van der Waals surface area contributed by atoms with Gasteiger partial charge >= 0.3 is 12.0 Å². The predicted octanol–water partition coefficient (Wildman–Crippen LogP) is 3.39. The zero-order chi connectivity index (χ0) is 32.8. The van der Waals surface area contributed by atoms with Crippen molar-refractivity contribution in [1.29, 1.82) is 0 Å². The molecule has 2 aromatic rings. The number of halogens is 1. The van der Waals surface area contributed by atoms with Crippen molar-refractivity contribution in [2.24, 2.45) is 11.8 Å². The first-order valence-electron chi connectivity index (χ1n) is 15.3. The molecule has 2 aromatic carbocycles. The van der Waals surface area contributed by atoms with E-state index in [4.69, 9.17) is 4.74 Å². The molecular weight excluding hydrogens is 579 g/mol. The van der Waals surface area contributed by atoms with E-state index in [1.807, 2.05) is 30.3 Å². The fourth-order valence-corrected chi connectivity index (χ4v) is 5.13. The first kappa shape index (κ1) is 34.9. The predicted molar refractivity (Wildman–Crippen MR) is 167 cm³/mol. The Balaban J connectivity index is 1.81. The minimum Gasteiger partial charge on any atom is -0.467 e. The van der Waals surface area contributed by atoms with E-state index >= 15 is 0 Å². The summed E-state index contributed by atoms with van der Waals surface area (Å²) in [7, 11) is 1.23. The Labute approximate surface area is 263 Å². The van der Waals surface area contributed by atoms with Crippen LogP contribution in [0.15, 0.2) is 66.7 Å². The van der Waals surface area contributed by atoms with Crippen molar-refractivity contribution in [2.75, 3.05) is 13.7 Å². The molecule has 0 fully saturated rings. The summed E-state index contributed by atoms with van der Waals surface area (Å²) in [5, 5.41) is 11.0. The van der Waals surface area contributed by atoms with Crippen LogP contribution >= 0.6 is 0 Å². The molecule has 0 radical (unpaired) electrons. The highest BCUT2D eigenvalue weighted by Crippen LogP contribution is 2.19. The third-order valence-electron chi connectivity index (χ3n) is 7.69. The number of amides is 4.